The Morgan fingerprint density at radius 1 is 1.09 bits per heavy atom. The first-order valence-electron chi connectivity index (χ1n) is 10.0. The van der Waals surface area contributed by atoms with Gasteiger partial charge in [0.15, 0.2) is 6.61 Å². The smallest absolute Gasteiger partial charge is 0.262 e. The highest BCUT2D eigenvalue weighted by molar-refractivity contribution is 7.11. The number of benzene rings is 2. The molecule has 0 fully saturated rings. The van der Waals surface area contributed by atoms with Crippen molar-refractivity contribution in [2.75, 3.05) is 11.9 Å². The molecule has 0 saturated carbocycles. The predicted octanol–water partition coefficient (Wildman–Crippen LogP) is 5.34. The highest BCUT2D eigenvalue weighted by atomic mass is 32.1. The molecule has 3 heterocycles. The normalized spacial score (nSPS) is 13.8. The lowest BCUT2D eigenvalue weighted by molar-refractivity contribution is -0.118. The van der Waals surface area contributed by atoms with Crippen LogP contribution in [0.2, 0.25) is 0 Å². The van der Waals surface area contributed by atoms with Gasteiger partial charge in [0.05, 0.1) is 28.2 Å². The van der Waals surface area contributed by atoms with E-state index in [0.29, 0.717) is 11.4 Å². The Hall–Kier alpha value is -3.49. The van der Waals surface area contributed by atoms with E-state index < -0.39 is 0 Å². The van der Waals surface area contributed by atoms with Crippen LogP contribution < -0.4 is 14.9 Å². The molecule has 0 unspecified atom stereocenters. The number of rotatable bonds is 4. The highest BCUT2D eigenvalue weighted by Gasteiger charge is 2.18. The maximum atomic E-state index is 11.8. The number of para-hydroxylation sites is 1. The molecule has 1 N–H and O–H groups in total. The Kier molecular flexibility index (Phi) is 5.46. The molecule has 1 aliphatic rings. The van der Waals surface area contributed by atoms with Crippen molar-refractivity contribution in [3.63, 3.8) is 0 Å². The molecule has 4 aromatic rings. The maximum Gasteiger partial charge on any atom is 0.262 e. The molecular weight excluding hydrogens is 440 g/mol. The highest BCUT2D eigenvalue weighted by Crippen LogP contribution is 2.33. The number of aromatic nitrogens is 1. The van der Waals surface area contributed by atoms with Gasteiger partial charge in [-0.3, -0.25) is 4.79 Å². The van der Waals surface area contributed by atoms with E-state index in [9.17, 15) is 4.79 Å². The van der Waals surface area contributed by atoms with Crippen LogP contribution >= 0.6 is 22.7 Å². The molecule has 32 heavy (non-hydrogen) atoms. The summed E-state index contributed by atoms with van der Waals surface area (Å²) >= 11 is 3.17. The number of thiazole rings is 1. The fourth-order valence-electron chi connectivity index (χ4n) is 3.35. The summed E-state index contributed by atoms with van der Waals surface area (Å²) < 4.78 is 7.35. The maximum absolute atomic E-state index is 11.8. The lowest BCUT2D eigenvalue weighted by Crippen LogP contribution is -2.25. The van der Waals surface area contributed by atoms with Gasteiger partial charge in [0, 0.05) is 10.9 Å². The average Bonchev–Trinajstić information content (AvgIpc) is 3.39. The largest absolute Gasteiger partial charge is 0.482 e. The summed E-state index contributed by atoms with van der Waals surface area (Å²) in [6.45, 7) is 4.15. The molecule has 0 spiro atoms. The molecule has 2 aromatic heterocycles. The number of carbonyl (C=O) groups excluding carboxylic acids is 1. The fourth-order valence-corrected chi connectivity index (χ4v) is 4.98. The third-order valence-electron chi connectivity index (χ3n) is 5.12. The van der Waals surface area contributed by atoms with Crippen molar-refractivity contribution in [3.8, 4) is 17.0 Å². The molecule has 0 atom stereocenters. The van der Waals surface area contributed by atoms with Gasteiger partial charge in [0.1, 0.15) is 5.75 Å². The summed E-state index contributed by atoms with van der Waals surface area (Å²) in [4.78, 5) is 18.5. The number of hydrogen-bond donors (Lipinski definition) is 1. The number of carbonyl (C=O) groups is 1. The van der Waals surface area contributed by atoms with E-state index in [1.807, 2.05) is 65.7 Å². The topological polar surface area (TPSA) is 68.0 Å². The monoisotopic (exact) mass is 460 g/mol. The number of nitrogens with one attached hydrogen (secondary N) is 1. The predicted molar refractivity (Wildman–Crippen MR) is 130 cm³/mol. The number of ether oxygens (including phenoxy) is 1. The van der Waals surface area contributed by atoms with Gasteiger partial charge in [0.2, 0.25) is 4.80 Å². The van der Waals surface area contributed by atoms with Gasteiger partial charge in [-0.25, -0.2) is 9.67 Å². The van der Waals surface area contributed by atoms with E-state index in [2.05, 4.69) is 23.7 Å². The van der Waals surface area contributed by atoms with Gasteiger partial charge in [-0.05, 0) is 60.7 Å². The lowest BCUT2D eigenvalue weighted by atomic mass is 10.1. The lowest BCUT2D eigenvalue weighted by Gasteiger charge is -2.18. The molecule has 0 saturated heterocycles. The Morgan fingerprint density at radius 3 is 2.78 bits per heavy atom. The second kappa shape index (κ2) is 8.57. The third kappa shape index (κ3) is 4.02. The number of nitrogens with zero attached hydrogens (tertiary/aromatic N) is 3. The molecule has 0 aliphatic carbocycles. The molecule has 5 rings (SSSR count). The summed E-state index contributed by atoms with van der Waals surface area (Å²) in [7, 11) is 0. The van der Waals surface area contributed by atoms with E-state index in [1.54, 1.807) is 11.3 Å². The van der Waals surface area contributed by atoms with E-state index in [0.717, 1.165) is 32.2 Å². The fraction of sp³-hybridized carbons (Fsp3) is 0.125. The minimum atomic E-state index is -0.158. The Morgan fingerprint density at radius 2 is 1.97 bits per heavy atom. The summed E-state index contributed by atoms with van der Waals surface area (Å²) in [5.41, 5.74) is 5.64. The molecule has 1 aliphatic heterocycles. The van der Waals surface area contributed by atoms with Crippen molar-refractivity contribution in [2.45, 2.75) is 13.8 Å². The van der Waals surface area contributed by atoms with Crippen LogP contribution in [0.1, 0.15) is 16.0 Å². The average molecular weight is 461 g/mol. The van der Waals surface area contributed by atoms with Crippen molar-refractivity contribution >= 4 is 46.2 Å². The quantitative estimate of drug-likeness (QED) is 0.418. The van der Waals surface area contributed by atoms with Crippen LogP contribution in [0.15, 0.2) is 69.4 Å². The Labute approximate surface area is 193 Å². The number of amides is 1. The third-order valence-corrected chi connectivity index (χ3v) is 6.89. The zero-order valence-corrected chi connectivity index (χ0v) is 19.2. The first-order valence-corrected chi connectivity index (χ1v) is 11.8. The molecule has 8 heteroatoms. The van der Waals surface area contributed by atoms with Crippen molar-refractivity contribution < 1.29 is 9.53 Å². The van der Waals surface area contributed by atoms with Crippen LogP contribution in [0.3, 0.4) is 0 Å². The number of anilines is 1. The zero-order chi connectivity index (χ0) is 22.1. The van der Waals surface area contributed by atoms with Crippen LogP contribution in [0.5, 0.6) is 5.75 Å². The van der Waals surface area contributed by atoms with Gasteiger partial charge in [-0.15, -0.1) is 22.7 Å². The molecule has 2 aromatic carbocycles. The number of thiophene rings is 1. The number of aryl methyl sites for hydroxylation is 2. The van der Waals surface area contributed by atoms with Crippen LogP contribution in [0.4, 0.5) is 11.4 Å². The van der Waals surface area contributed by atoms with E-state index >= 15 is 0 Å². The van der Waals surface area contributed by atoms with Gasteiger partial charge in [0.25, 0.3) is 5.91 Å². The minimum Gasteiger partial charge on any atom is -0.482 e. The Balaban J connectivity index is 1.65. The van der Waals surface area contributed by atoms with Crippen molar-refractivity contribution in [1.82, 2.24) is 4.68 Å². The van der Waals surface area contributed by atoms with Crippen molar-refractivity contribution in [3.05, 3.63) is 80.1 Å². The second-order valence-corrected chi connectivity index (χ2v) is 9.16. The summed E-state index contributed by atoms with van der Waals surface area (Å²) in [5.74, 6) is 0.506. The summed E-state index contributed by atoms with van der Waals surface area (Å²) in [6, 6.07) is 15.9. The van der Waals surface area contributed by atoms with Crippen molar-refractivity contribution in [2.24, 2.45) is 10.1 Å². The second-order valence-electron chi connectivity index (χ2n) is 7.37. The summed E-state index contributed by atoms with van der Waals surface area (Å²) in [6.07, 6.45) is 1.87. The van der Waals surface area contributed by atoms with Crippen molar-refractivity contribution in [1.29, 1.82) is 0 Å². The number of fused-ring (bicyclic) bond motifs is 1. The molecule has 160 valence electrons. The standard InChI is InChI=1S/C24H20N4O2S2/c1-15-5-3-4-6-18(15)27-24-28(25-12-22-16(2)9-10-31-22)20(14-32-24)17-7-8-21-19(11-17)26-23(29)13-30-21/h3-12,14H,13H2,1-2H3,(H,26,29). The number of hydrogen-bond acceptors (Lipinski definition) is 6. The van der Waals surface area contributed by atoms with Gasteiger partial charge >= 0.3 is 0 Å². The van der Waals surface area contributed by atoms with Crippen LogP contribution in [0, 0.1) is 13.8 Å². The SMILES string of the molecule is Cc1ccccc1N=c1scc(-c2ccc3c(c2)NC(=O)CO3)n1N=Cc1sccc1C. The van der Waals surface area contributed by atoms with E-state index in [-0.39, 0.29) is 12.5 Å². The molecule has 6 nitrogen and oxygen atoms in total. The van der Waals surface area contributed by atoms with E-state index in [1.165, 1.54) is 16.9 Å². The van der Waals surface area contributed by atoms with Gasteiger partial charge < -0.3 is 10.1 Å². The van der Waals surface area contributed by atoms with Crippen LogP contribution in [0.25, 0.3) is 11.3 Å². The molecule has 1 amide bonds. The molecule has 0 bridgehead atoms. The first-order chi connectivity index (χ1) is 15.6. The van der Waals surface area contributed by atoms with E-state index in [4.69, 9.17) is 14.8 Å². The zero-order valence-electron chi connectivity index (χ0n) is 17.5. The summed E-state index contributed by atoms with van der Waals surface area (Å²) in [5, 5.41) is 11.8. The molecular formula is C24H20N4O2S2. The van der Waals surface area contributed by atoms with Gasteiger partial charge in [-0.1, -0.05) is 18.2 Å². The van der Waals surface area contributed by atoms with Gasteiger partial charge in [-0.2, -0.15) is 5.10 Å². The first kappa shape index (κ1) is 20.4. The van der Waals surface area contributed by atoms with Crippen LogP contribution in [-0.2, 0) is 4.79 Å². The minimum absolute atomic E-state index is 0.0364. The molecule has 0 radical (unpaired) electrons. The van der Waals surface area contributed by atoms with Crippen LogP contribution in [-0.4, -0.2) is 23.4 Å². The Bertz CT molecular complexity index is 1410.